The monoisotopic (exact) mass is 476 g/mol. The molecule has 7 heteroatoms. The zero-order chi connectivity index (χ0) is 24.1. The topological polar surface area (TPSA) is 86.7 Å². The minimum Gasteiger partial charge on any atom is -0.372 e. The van der Waals surface area contributed by atoms with Gasteiger partial charge in [0, 0.05) is 10.6 Å². The number of ketones is 1. The van der Waals surface area contributed by atoms with E-state index in [4.69, 9.17) is 11.6 Å². The van der Waals surface area contributed by atoms with Crippen LogP contribution in [-0.4, -0.2) is 46.7 Å². The highest BCUT2D eigenvalue weighted by atomic mass is 35.5. The summed E-state index contributed by atoms with van der Waals surface area (Å²) < 4.78 is 0. The van der Waals surface area contributed by atoms with Crippen LogP contribution in [0.25, 0.3) is 0 Å². The van der Waals surface area contributed by atoms with E-state index >= 15 is 0 Å². The Morgan fingerprint density at radius 1 is 0.912 bits per heavy atom. The minimum atomic E-state index is -2.04. The zero-order valence-electron chi connectivity index (χ0n) is 18.5. The number of benzene rings is 3. The quantitative estimate of drug-likeness (QED) is 0.509. The van der Waals surface area contributed by atoms with E-state index in [0.29, 0.717) is 34.7 Å². The average molecular weight is 477 g/mol. The van der Waals surface area contributed by atoms with Crippen LogP contribution >= 0.6 is 11.6 Å². The molecular weight excluding hydrogens is 452 g/mol. The fraction of sp³-hybridized carbons (Fsp3) is 0.222. The molecule has 3 aromatic carbocycles. The summed E-state index contributed by atoms with van der Waals surface area (Å²) in [5.41, 5.74) is -0.824. The smallest absolute Gasteiger partial charge is 0.267 e. The summed E-state index contributed by atoms with van der Waals surface area (Å²) in [6.07, 6.45) is 1.24. The number of Topliss-reactive ketones (excluding diaryl/α,β-unsaturated/α-hetero) is 1. The van der Waals surface area contributed by atoms with E-state index < -0.39 is 23.5 Å². The normalized spacial score (nSPS) is 16.2. The van der Waals surface area contributed by atoms with Crippen LogP contribution in [0.15, 0.2) is 84.9 Å². The number of carbonyl (C=O) groups is 3. The number of rotatable bonds is 7. The van der Waals surface area contributed by atoms with Crippen molar-refractivity contribution in [2.24, 2.45) is 0 Å². The molecule has 0 saturated carbocycles. The van der Waals surface area contributed by atoms with Gasteiger partial charge in [-0.3, -0.25) is 24.6 Å². The Balaban J connectivity index is 1.51. The van der Waals surface area contributed by atoms with Crippen LogP contribution in [0.1, 0.15) is 34.3 Å². The number of carbonyl (C=O) groups excluding carboxylic acids is 3. The number of hydrogen-bond acceptors (Lipinski definition) is 5. The molecular formula is C27H25ClN2O4. The van der Waals surface area contributed by atoms with Gasteiger partial charge in [0.2, 0.25) is 5.91 Å². The van der Waals surface area contributed by atoms with Crippen LogP contribution in [0.3, 0.4) is 0 Å². The summed E-state index contributed by atoms with van der Waals surface area (Å²) in [5, 5.41) is 14.5. The SMILES string of the molecule is O=C(CN1CCC[C@H]1C(=O)NC(=O)C(O)(c1ccccc1)c1ccccc1)c1ccc(Cl)cc1. The number of likely N-dealkylation sites (tertiary alicyclic amines) is 1. The van der Waals surface area contributed by atoms with Crippen molar-refractivity contribution in [2.45, 2.75) is 24.5 Å². The second-order valence-electron chi connectivity index (χ2n) is 8.32. The van der Waals surface area contributed by atoms with Crippen LogP contribution in [-0.2, 0) is 15.2 Å². The maximum absolute atomic E-state index is 13.3. The first-order chi connectivity index (χ1) is 16.4. The van der Waals surface area contributed by atoms with Crippen molar-refractivity contribution in [1.82, 2.24) is 10.2 Å². The van der Waals surface area contributed by atoms with Gasteiger partial charge in [-0.1, -0.05) is 72.3 Å². The Kier molecular flexibility index (Phi) is 7.22. The van der Waals surface area contributed by atoms with E-state index in [0.717, 1.165) is 6.42 Å². The second-order valence-corrected chi connectivity index (χ2v) is 8.76. The highest BCUT2D eigenvalue weighted by molar-refractivity contribution is 6.30. The van der Waals surface area contributed by atoms with Crippen molar-refractivity contribution in [1.29, 1.82) is 0 Å². The van der Waals surface area contributed by atoms with Crippen molar-refractivity contribution < 1.29 is 19.5 Å². The van der Waals surface area contributed by atoms with E-state index in [1.54, 1.807) is 89.8 Å². The van der Waals surface area contributed by atoms with Crippen LogP contribution < -0.4 is 5.32 Å². The van der Waals surface area contributed by atoms with Gasteiger partial charge < -0.3 is 5.11 Å². The maximum Gasteiger partial charge on any atom is 0.267 e. The Labute approximate surface area is 203 Å². The molecule has 0 radical (unpaired) electrons. The minimum absolute atomic E-state index is 0.0511. The number of imide groups is 1. The average Bonchev–Trinajstić information content (AvgIpc) is 3.33. The van der Waals surface area contributed by atoms with Gasteiger partial charge in [0.1, 0.15) is 0 Å². The highest BCUT2D eigenvalue weighted by Crippen LogP contribution is 2.30. The van der Waals surface area contributed by atoms with Crippen LogP contribution in [0, 0.1) is 0 Å². The van der Waals surface area contributed by atoms with Crippen LogP contribution in [0.4, 0.5) is 0 Å². The molecule has 0 aromatic heterocycles. The molecule has 1 heterocycles. The van der Waals surface area contributed by atoms with E-state index in [1.807, 2.05) is 0 Å². The summed E-state index contributed by atoms with van der Waals surface area (Å²) in [6.45, 7) is 0.614. The van der Waals surface area contributed by atoms with Gasteiger partial charge in [-0.05, 0) is 54.8 Å². The molecule has 34 heavy (non-hydrogen) atoms. The lowest BCUT2D eigenvalue weighted by molar-refractivity contribution is -0.142. The molecule has 2 amide bonds. The molecule has 0 spiro atoms. The molecule has 0 bridgehead atoms. The van der Waals surface area contributed by atoms with Gasteiger partial charge in [0.15, 0.2) is 11.4 Å². The molecule has 0 unspecified atom stereocenters. The van der Waals surface area contributed by atoms with Crippen LogP contribution in [0.2, 0.25) is 5.02 Å². The lowest BCUT2D eigenvalue weighted by Gasteiger charge is -2.29. The zero-order valence-corrected chi connectivity index (χ0v) is 19.2. The first kappa shape index (κ1) is 23.8. The lowest BCUT2D eigenvalue weighted by atomic mass is 9.85. The third-order valence-electron chi connectivity index (χ3n) is 6.13. The molecule has 1 fully saturated rings. The summed E-state index contributed by atoms with van der Waals surface area (Å²) in [4.78, 5) is 40.9. The summed E-state index contributed by atoms with van der Waals surface area (Å²) >= 11 is 5.90. The summed E-state index contributed by atoms with van der Waals surface area (Å²) in [7, 11) is 0. The fourth-order valence-electron chi connectivity index (χ4n) is 4.30. The first-order valence-electron chi connectivity index (χ1n) is 11.1. The van der Waals surface area contributed by atoms with Crippen LogP contribution in [0.5, 0.6) is 0 Å². The number of amides is 2. The lowest BCUT2D eigenvalue weighted by Crippen LogP contribution is -2.53. The third-order valence-corrected chi connectivity index (χ3v) is 6.38. The predicted octanol–water partition coefficient (Wildman–Crippen LogP) is 3.57. The van der Waals surface area contributed by atoms with Gasteiger partial charge in [0.25, 0.3) is 5.91 Å². The molecule has 3 aromatic rings. The standard InChI is InChI=1S/C27H25ClN2O4/c28-22-15-13-19(14-16-22)24(31)18-30-17-7-12-23(30)25(32)29-26(33)27(34,20-8-3-1-4-9-20)21-10-5-2-6-11-21/h1-6,8-11,13-16,23,34H,7,12,17-18H2,(H,29,32,33)/t23-/m0/s1. The Morgan fingerprint density at radius 3 is 2.03 bits per heavy atom. The molecule has 6 nitrogen and oxygen atoms in total. The van der Waals surface area contributed by atoms with E-state index in [1.165, 1.54) is 0 Å². The number of halogens is 1. The van der Waals surface area contributed by atoms with Gasteiger partial charge in [-0.15, -0.1) is 0 Å². The van der Waals surface area contributed by atoms with Crippen molar-refractivity contribution in [3.05, 3.63) is 107 Å². The second kappa shape index (κ2) is 10.3. The summed E-state index contributed by atoms with van der Waals surface area (Å²) in [5.74, 6) is -1.49. The van der Waals surface area contributed by atoms with E-state index in [-0.39, 0.29) is 12.3 Å². The van der Waals surface area contributed by atoms with Crippen molar-refractivity contribution in [2.75, 3.05) is 13.1 Å². The molecule has 1 saturated heterocycles. The predicted molar refractivity (Wildman–Crippen MR) is 129 cm³/mol. The fourth-order valence-corrected chi connectivity index (χ4v) is 4.42. The van der Waals surface area contributed by atoms with Crippen molar-refractivity contribution >= 4 is 29.2 Å². The summed E-state index contributed by atoms with van der Waals surface area (Å²) in [6, 6.07) is 23.0. The molecule has 1 aliphatic heterocycles. The third kappa shape index (κ3) is 4.94. The Bertz CT molecular complexity index is 1130. The molecule has 174 valence electrons. The van der Waals surface area contributed by atoms with E-state index in [2.05, 4.69) is 5.32 Å². The molecule has 4 rings (SSSR count). The number of aliphatic hydroxyl groups is 1. The number of nitrogens with zero attached hydrogens (tertiary/aromatic N) is 1. The van der Waals surface area contributed by atoms with Gasteiger partial charge in [0.05, 0.1) is 12.6 Å². The van der Waals surface area contributed by atoms with E-state index in [9.17, 15) is 19.5 Å². The molecule has 0 aliphatic carbocycles. The highest BCUT2D eigenvalue weighted by Gasteiger charge is 2.42. The van der Waals surface area contributed by atoms with Gasteiger partial charge in [-0.25, -0.2) is 0 Å². The number of nitrogens with one attached hydrogen (secondary N) is 1. The van der Waals surface area contributed by atoms with Gasteiger partial charge >= 0.3 is 0 Å². The largest absolute Gasteiger partial charge is 0.372 e. The Morgan fingerprint density at radius 2 is 1.47 bits per heavy atom. The molecule has 1 atom stereocenters. The van der Waals surface area contributed by atoms with Gasteiger partial charge in [-0.2, -0.15) is 0 Å². The van der Waals surface area contributed by atoms with Crippen molar-refractivity contribution in [3.8, 4) is 0 Å². The Hall–Kier alpha value is -3.32. The number of hydrogen-bond donors (Lipinski definition) is 2. The molecule has 2 N–H and O–H groups in total. The van der Waals surface area contributed by atoms with Crippen molar-refractivity contribution in [3.63, 3.8) is 0 Å². The maximum atomic E-state index is 13.3. The first-order valence-corrected chi connectivity index (χ1v) is 11.5. The molecule has 1 aliphatic rings.